The second-order valence-corrected chi connectivity index (χ2v) is 13.6. The van der Waals surface area contributed by atoms with Gasteiger partial charge in [-0.15, -0.1) is 0 Å². The number of carbonyl (C=O) groups is 1. The van der Waals surface area contributed by atoms with E-state index in [1.54, 1.807) is 0 Å². The topological polar surface area (TPSA) is 56.4 Å². The smallest absolute Gasteiger partial charge is 0.246 e. The summed E-state index contributed by atoms with van der Waals surface area (Å²) in [7, 11) is 0. The van der Waals surface area contributed by atoms with E-state index >= 15 is 0 Å². The highest BCUT2D eigenvalue weighted by Crippen LogP contribution is 2.57. The van der Waals surface area contributed by atoms with Gasteiger partial charge in [0.15, 0.2) is 0 Å². The van der Waals surface area contributed by atoms with Gasteiger partial charge in [0.2, 0.25) is 5.91 Å². The van der Waals surface area contributed by atoms with E-state index in [1.807, 2.05) is 0 Å². The number of hydrogen-bond acceptors (Lipinski definition) is 4. The molecule has 1 saturated heterocycles. The quantitative estimate of drug-likeness (QED) is 0.252. The van der Waals surface area contributed by atoms with Crippen LogP contribution in [0.3, 0.4) is 0 Å². The third-order valence-corrected chi connectivity index (χ3v) is 9.71. The molecule has 210 valence electrons. The first-order chi connectivity index (χ1) is 17.3. The zero-order valence-corrected chi connectivity index (χ0v) is 25.0. The van der Waals surface area contributed by atoms with Crippen molar-refractivity contribution >= 4 is 5.91 Å². The molecule has 0 aromatic carbocycles. The van der Waals surface area contributed by atoms with Gasteiger partial charge in [0.25, 0.3) is 0 Å². The molecule has 0 aromatic rings. The van der Waals surface area contributed by atoms with Crippen molar-refractivity contribution in [3.8, 4) is 0 Å². The predicted molar refractivity (Wildman–Crippen MR) is 157 cm³/mol. The second kappa shape index (κ2) is 11.9. The monoisotopic (exact) mass is 512 g/mol. The fourth-order valence-corrected chi connectivity index (χ4v) is 7.02. The molecule has 2 saturated carbocycles. The number of fused-ring (bicyclic) bond motifs is 1. The van der Waals surface area contributed by atoms with Crippen LogP contribution in [-0.2, 0) is 4.79 Å². The Morgan fingerprint density at radius 2 is 1.73 bits per heavy atom. The summed E-state index contributed by atoms with van der Waals surface area (Å²) in [4.78, 5) is 16.6. The summed E-state index contributed by atoms with van der Waals surface area (Å²) in [5, 5.41) is 10.7. The Morgan fingerprint density at radius 1 is 1.08 bits per heavy atom. The lowest BCUT2D eigenvalue weighted by atomic mass is 9.70. The van der Waals surface area contributed by atoms with Crippen molar-refractivity contribution in [2.24, 2.45) is 28.6 Å². The maximum atomic E-state index is 14.4. The molecular formula is C32H56N4O. The van der Waals surface area contributed by atoms with Gasteiger partial charge in [0.05, 0.1) is 11.9 Å². The molecule has 5 nitrogen and oxygen atoms in total. The van der Waals surface area contributed by atoms with Gasteiger partial charge >= 0.3 is 0 Å². The molecule has 1 amide bonds. The Kier molecular flexibility index (Phi) is 9.51. The van der Waals surface area contributed by atoms with Crippen LogP contribution in [0.15, 0.2) is 36.8 Å². The number of nitrogens with zero attached hydrogens (tertiary/aromatic N) is 1. The van der Waals surface area contributed by atoms with E-state index in [0.717, 1.165) is 56.7 Å². The van der Waals surface area contributed by atoms with Crippen LogP contribution in [0.4, 0.5) is 0 Å². The summed E-state index contributed by atoms with van der Waals surface area (Å²) in [6, 6.07) is 0.130. The minimum Gasteiger partial charge on any atom is -0.389 e. The van der Waals surface area contributed by atoms with Crippen molar-refractivity contribution in [1.82, 2.24) is 20.9 Å². The highest BCUT2D eigenvalue weighted by atomic mass is 16.2. The van der Waals surface area contributed by atoms with E-state index in [1.165, 1.54) is 24.8 Å². The van der Waals surface area contributed by atoms with Crippen molar-refractivity contribution in [3.05, 3.63) is 36.8 Å². The Bertz CT molecular complexity index is 849. The van der Waals surface area contributed by atoms with Gasteiger partial charge in [-0.3, -0.25) is 4.79 Å². The summed E-state index contributed by atoms with van der Waals surface area (Å²) in [6.45, 7) is 30.5. The van der Waals surface area contributed by atoms with Gasteiger partial charge in [0.1, 0.15) is 6.04 Å². The van der Waals surface area contributed by atoms with Crippen molar-refractivity contribution < 1.29 is 4.79 Å². The van der Waals surface area contributed by atoms with Crippen LogP contribution < -0.4 is 16.0 Å². The molecule has 5 heteroatoms. The summed E-state index contributed by atoms with van der Waals surface area (Å²) in [5.74, 6) is 2.94. The maximum Gasteiger partial charge on any atom is 0.246 e. The highest BCUT2D eigenvalue weighted by molar-refractivity contribution is 5.84. The first-order valence-electron chi connectivity index (χ1n) is 15.0. The number of hydrogen-bond donors (Lipinski definition) is 3. The first-order valence-corrected chi connectivity index (χ1v) is 15.0. The fraction of sp³-hybridized carbons (Fsp3) is 0.781. The molecule has 1 heterocycles. The molecule has 6 atom stereocenters. The lowest BCUT2D eigenvalue weighted by Gasteiger charge is -2.44. The van der Waals surface area contributed by atoms with Gasteiger partial charge < -0.3 is 20.9 Å². The summed E-state index contributed by atoms with van der Waals surface area (Å²) < 4.78 is 0. The van der Waals surface area contributed by atoms with Crippen LogP contribution in [0.1, 0.15) is 99.8 Å². The average molecular weight is 513 g/mol. The van der Waals surface area contributed by atoms with Crippen LogP contribution in [0.2, 0.25) is 0 Å². The van der Waals surface area contributed by atoms with E-state index in [9.17, 15) is 4.79 Å². The van der Waals surface area contributed by atoms with Crippen LogP contribution in [0.25, 0.3) is 0 Å². The maximum absolute atomic E-state index is 14.4. The normalized spacial score (nSPS) is 28.0. The van der Waals surface area contributed by atoms with E-state index < -0.39 is 0 Å². The van der Waals surface area contributed by atoms with Gasteiger partial charge in [0, 0.05) is 24.8 Å². The molecule has 0 bridgehead atoms. The van der Waals surface area contributed by atoms with Crippen molar-refractivity contribution in [2.75, 3.05) is 13.1 Å². The molecule has 0 aromatic heterocycles. The number of allylic oxidation sites excluding steroid dienone is 1. The predicted octanol–water partition coefficient (Wildman–Crippen LogP) is 6.35. The van der Waals surface area contributed by atoms with E-state index in [2.05, 4.69) is 89.1 Å². The summed E-state index contributed by atoms with van der Waals surface area (Å²) in [5.41, 5.74) is 2.25. The Balaban J connectivity index is 1.78. The van der Waals surface area contributed by atoms with Crippen LogP contribution in [0.5, 0.6) is 0 Å². The van der Waals surface area contributed by atoms with Gasteiger partial charge in [-0.2, -0.15) is 0 Å². The van der Waals surface area contributed by atoms with Crippen molar-refractivity contribution in [3.63, 3.8) is 0 Å². The average Bonchev–Trinajstić information content (AvgIpc) is 3.27. The molecule has 4 unspecified atom stereocenters. The standard InChI is InChI=1S/C32H56N4O/c1-11-21(3)28-27-23(5)25(27)20-36(28)30(37)29(32(10)18-14-13-15-19-32)35-24(6)34-26(31(7,8)9)17-16-22(4)33-12-2/h23,25-29,33-35H,3-4,6,11-20H2,1-2,5,7-10H3/t23?,25-,26?,27+,28?,29?/m1/s1. The zero-order chi connectivity index (χ0) is 27.5. The van der Waals surface area contributed by atoms with Gasteiger partial charge in [-0.05, 0) is 67.6 Å². The summed E-state index contributed by atoms with van der Waals surface area (Å²) in [6.07, 6.45) is 8.58. The molecule has 3 fully saturated rings. The van der Waals surface area contributed by atoms with Crippen LogP contribution >= 0.6 is 0 Å². The largest absolute Gasteiger partial charge is 0.389 e. The molecule has 0 radical (unpaired) electrons. The van der Waals surface area contributed by atoms with Crippen molar-refractivity contribution in [2.45, 2.75) is 118 Å². The minimum atomic E-state index is -0.273. The number of likely N-dealkylation sites (tertiary alicyclic amines) is 1. The minimum absolute atomic E-state index is 0.0433. The second-order valence-electron chi connectivity index (χ2n) is 13.6. The Labute approximate surface area is 228 Å². The van der Waals surface area contributed by atoms with E-state index in [-0.39, 0.29) is 34.9 Å². The number of piperidine rings is 1. The highest BCUT2D eigenvalue weighted by Gasteiger charge is 2.61. The molecule has 37 heavy (non-hydrogen) atoms. The van der Waals surface area contributed by atoms with Crippen LogP contribution in [-0.4, -0.2) is 42.0 Å². The molecule has 2 aliphatic carbocycles. The van der Waals surface area contributed by atoms with E-state index in [0.29, 0.717) is 17.8 Å². The molecular weight excluding hydrogens is 456 g/mol. The first kappa shape index (κ1) is 29.6. The number of rotatable bonds is 13. The fourth-order valence-electron chi connectivity index (χ4n) is 7.02. The van der Waals surface area contributed by atoms with Gasteiger partial charge in [-0.25, -0.2) is 0 Å². The molecule has 1 aliphatic heterocycles. The molecule has 3 N–H and O–H groups in total. The molecule has 3 aliphatic rings. The number of carbonyl (C=O) groups excluding carboxylic acids is 1. The van der Waals surface area contributed by atoms with Crippen molar-refractivity contribution in [1.29, 1.82) is 0 Å². The Morgan fingerprint density at radius 3 is 2.30 bits per heavy atom. The molecule has 3 rings (SSSR count). The third kappa shape index (κ3) is 6.75. The Hall–Kier alpha value is -1.91. The SMILES string of the molecule is C=C(CCC(NC(=C)NC(C(=O)N1C[C@@H]2C(C)[C@@H]2C1C(=C)CC)C1(C)CCCCC1)C(C)(C)C)NCC. The lowest BCUT2D eigenvalue weighted by molar-refractivity contribution is -0.138. The number of nitrogens with one attached hydrogen (secondary N) is 3. The third-order valence-electron chi connectivity index (χ3n) is 9.71. The van der Waals surface area contributed by atoms with Crippen LogP contribution in [0, 0.1) is 28.6 Å². The summed E-state index contributed by atoms with van der Waals surface area (Å²) >= 11 is 0. The molecule has 0 spiro atoms. The zero-order valence-electron chi connectivity index (χ0n) is 25.0. The number of amides is 1. The van der Waals surface area contributed by atoms with Gasteiger partial charge in [-0.1, -0.05) is 86.1 Å². The van der Waals surface area contributed by atoms with E-state index in [4.69, 9.17) is 0 Å². The lowest BCUT2D eigenvalue weighted by Crippen LogP contribution is -2.58.